The van der Waals surface area contributed by atoms with Gasteiger partial charge < -0.3 is 5.11 Å². The number of aromatic hydroxyl groups is 1. The van der Waals surface area contributed by atoms with E-state index < -0.39 is 0 Å². The Morgan fingerprint density at radius 2 is 1.95 bits per heavy atom. The highest BCUT2D eigenvalue weighted by molar-refractivity contribution is 8.00. The van der Waals surface area contributed by atoms with Crippen molar-refractivity contribution >= 4 is 44.2 Å². The number of aromatic nitrogens is 2. The summed E-state index contributed by atoms with van der Waals surface area (Å²) >= 11 is 3.43. The third-order valence-corrected chi connectivity index (χ3v) is 5.69. The van der Waals surface area contributed by atoms with Gasteiger partial charge in [0.25, 0.3) is 0 Å². The highest BCUT2D eigenvalue weighted by Gasteiger charge is 2.08. The van der Waals surface area contributed by atoms with Crippen molar-refractivity contribution in [2.24, 2.45) is 0 Å². The number of phenols is 1. The van der Waals surface area contributed by atoms with Crippen molar-refractivity contribution in [3.63, 3.8) is 0 Å². The monoisotopic (exact) mass is 324 g/mol. The molecule has 0 radical (unpaired) electrons. The number of pyridine rings is 1. The van der Waals surface area contributed by atoms with Crippen LogP contribution in [-0.4, -0.2) is 15.1 Å². The zero-order valence-corrected chi connectivity index (χ0v) is 13.2. The molecule has 4 aromatic rings. The van der Waals surface area contributed by atoms with Gasteiger partial charge in [0.1, 0.15) is 11.3 Å². The Hall–Kier alpha value is -2.11. The summed E-state index contributed by atoms with van der Waals surface area (Å²) in [6.07, 6.45) is 1.70. The molecule has 0 saturated carbocycles. The number of thiazole rings is 1. The van der Waals surface area contributed by atoms with Crippen LogP contribution in [0.25, 0.3) is 21.1 Å². The van der Waals surface area contributed by atoms with Crippen molar-refractivity contribution in [1.29, 1.82) is 0 Å². The van der Waals surface area contributed by atoms with Gasteiger partial charge in [-0.3, -0.25) is 4.98 Å². The molecule has 0 amide bonds. The van der Waals surface area contributed by atoms with Crippen LogP contribution >= 0.6 is 23.1 Å². The van der Waals surface area contributed by atoms with Crippen LogP contribution in [0.4, 0.5) is 0 Å². The molecule has 22 heavy (non-hydrogen) atoms. The van der Waals surface area contributed by atoms with Gasteiger partial charge in [-0.2, -0.15) is 0 Å². The second-order valence-corrected chi connectivity index (χ2v) is 7.13. The number of rotatable bonds is 3. The summed E-state index contributed by atoms with van der Waals surface area (Å²) in [5.74, 6) is 1.03. The molecule has 0 spiro atoms. The Labute approximate surface area is 135 Å². The van der Waals surface area contributed by atoms with Crippen LogP contribution in [0.5, 0.6) is 5.75 Å². The fraction of sp³-hybridized carbons (Fsp3) is 0.0588. The van der Waals surface area contributed by atoms with Gasteiger partial charge in [-0.25, -0.2) is 4.98 Å². The molecule has 4 rings (SSSR count). The normalized spacial score (nSPS) is 11.3. The van der Waals surface area contributed by atoms with Crippen molar-refractivity contribution in [1.82, 2.24) is 9.97 Å². The van der Waals surface area contributed by atoms with Crippen molar-refractivity contribution in [2.45, 2.75) is 10.1 Å². The van der Waals surface area contributed by atoms with E-state index in [2.05, 4.69) is 16.0 Å². The van der Waals surface area contributed by atoms with Crippen LogP contribution in [0.3, 0.4) is 0 Å². The summed E-state index contributed by atoms with van der Waals surface area (Å²) in [6, 6.07) is 15.7. The molecular formula is C17H12N2OS2. The lowest BCUT2D eigenvalue weighted by Crippen LogP contribution is -1.86. The minimum absolute atomic E-state index is 0.226. The summed E-state index contributed by atoms with van der Waals surface area (Å²) in [6.45, 7) is 0. The van der Waals surface area contributed by atoms with Gasteiger partial charge in [-0.15, -0.1) is 11.3 Å². The Kier molecular flexibility index (Phi) is 3.44. The second-order valence-electron chi connectivity index (χ2n) is 4.88. The van der Waals surface area contributed by atoms with E-state index >= 15 is 0 Å². The van der Waals surface area contributed by atoms with Gasteiger partial charge >= 0.3 is 0 Å². The van der Waals surface area contributed by atoms with Gasteiger partial charge in [0.05, 0.1) is 10.2 Å². The maximum Gasteiger partial charge on any atom is 0.151 e. The highest BCUT2D eigenvalue weighted by Crippen LogP contribution is 2.34. The molecule has 0 saturated heterocycles. The topological polar surface area (TPSA) is 46.0 Å². The zero-order valence-electron chi connectivity index (χ0n) is 11.6. The average molecular weight is 324 g/mol. The van der Waals surface area contributed by atoms with Crippen molar-refractivity contribution in [3.8, 4) is 5.75 Å². The summed E-state index contributed by atoms with van der Waals surface area (Å²) in [5.41, 5.74) is 2.86. The van der Waals surface area contributed by atoms with E-state index in [0.717, 1.165) is 26.6 Å². The number of benzene rings is 2. The smallest absolute Gasteiger partial charge is 0.151 e. The second kappa shape index (κ2) is 5.59. The molecule has 2 aromatic carbocycles. The van der Waals surface area contributed by atoms with E-state index in [-0.39, 0.29) is 5.75 Å². The van der Waals surface area contributed by atoms with E-state index in [4.69, 9.17) is 0 Å². The first-order valence-corrected chi connectivity index (χ1v) is 8.65. The fourth-order valence-corrected chi connectivity index (χ4v) is 4.47. The first-order valence-electron chi connectivity index (χ1n) is 6.85. The lowest BCUT2D eigenvalue weighted by atomic mass is 10.1. The van der Waals surface area contributed by atoms with Crippen LogP contribution in [0, 0.1) is 0 Å². The number of para-hydroxylation sites is 1. The molecule has 2 heterocycles. The minimum Gasteiger partial charge on any atom is -0.506 e. The lowest BCUT2D eigenvalue weighted by Gasteiger charge is -2.06. The number of nitrogens with zero attached hydrogens (tertiary/aromatic N) is 2. The molecule has 0 aliphatic rings. The Bertz CT molecular complexity index is 932. The van der Waals surface area contributed by atoms with E-state index in [1.165, 1.54) is 4.70 Å². The molecule has 0 bridgehead atoms. The van der Waals surface area contributed by atoms with Crippen molar-refractivity contribution < 1.29 is 5.11 Å². The Balaban J connectivity index is 1.65. The molecule has 0 aliphatic carbocycles. The molecule has 3 nitrogen and oxygen atoms in total. The summed E-state index contributed by atoms with van der Waals surface area (Å²) in [7, 11) is 0. The SMILES string of the molecule is Oc1ccc(CSc2nc3ccccc3s2)c2cccnc12. The van der Waals surface area contributed by atoms with Crippen LogP contribution in [0.2, 0.25) is 0 Å². The standard InChI is InChI=1S/C17H12N2OS2/c20-14-8-7-11(12-4-3-9-18-16(12)14)10-21-17-19-13-5-1-2-6-15(13)22-17/h1-9,20H,10H2. The quantitative estimate of drug-likeness (QED) is 0.548. The maximum absolute atomic E-state index is 9.90. The third-order valence-electron chi connectivity index (χ3n) is 3.46. The Morgan fingerprint density at radius 1 is 1.05 bits per heavy atom. The number of thioether (sulfide) groups is 1. The number of fused-ring (bicyclic) bond motifs is 2. The summed E-state index contributed by atoms with van der Waals surface area (Å²) < 4.78 is 2.27. The van der Waals surface area contributed by atoms with Crippen LogP contribution in [0.1, 0.15) is 5.56 Å². The van der Waals surface area contributed by atoms with E-state index in [0.29, 0.717) is 5.52 Å². The van der Waals surface area contributed by atoms with Gasteiger partial charge in [-0.1, -0.05) is 36.0 Å². The molecular weight excluding hydrogens is 312 g/mol. The molecule has 0 fully saturated rings. The number of phenolic OH excluding ortho intramolecular Hbond substituents is 1. The van der Waals surface area contributed by atoms with Crippen LogP contribution in [-0.2, 0) is 5.75 Å². The summed E-state index contributed by atoms with van der Waals surface area (Å²) in [5, 5.41) is 10.9. The van der Waals surface area contributed by atoms with Crippen LogP contribution < -0.4 is 0 Å². The summed E-state index contributed by atoms with van der Waals surface area (Å²) in [4.78, 5) is 8.90. The van der Waals surface area contributed by atoms with Gasteiger partial charge in [0.15, 0.2) is 4.34 Å². The molecule has 0 atom stereocenters. The van der Waals surface area contributed by atoms with Crippen molar-refractivity contribution in [3.05, 3.63) is 60.3 Å². The van der Waals surface area contributed by atoms with Gasteiger partial charge in [0, 0.05) is 17.3 Å². The van der Waals surface area contributed by atoms with E-state index in [1.54, 1.807) is 35.4 Å². The van der Waals surface area contributed by atoms with E-state index in [1.807, 2.05) is 36.4 Å². The molecule has 0 aliphatic heterocycles. The largest absolute Gasteiger partial charge is 0.506 e. The fourth-order valence-electron chi connectivity index (χ4n) is 2.39. The first kappa shape index (κ1) is 13.5. The number of hydrogen-bond donors (Lipinski definition) is 1. The maximum atomic E-state index is 9.90. The van der Waals surface area contributed by atoms with E-state index in [9.17, 15) is 5.11 Å². The highest BCUT2D eigenvalue weighted by atomic mass is 32.2. The predicted molar refractivity (Wildman–Crippen MR) is 92.6 cm³/mol. The predicted octanol–water partition coefficient (Wildman–Crippen LogP) is 4.84. The van der Waals surface area contributed by atoms with Crippen molar-refractivity contribution in [2.75, 3.05) is 0 Å². The Morgan fingerprint density at radius 3 is 2.86 bits per heavy atom. The van der Waals surface area contributed by atoms with Gasteiger partial charge in [0.2, 0.25) is 0 Å². The third kappa shape index (κ3) is 2.42. The van der Waals surface area contributed by atoms with Gasteiger partial charge in [-0.05, 0) is 29.8 Å². The molecule has 2 aromatic heterocycles. The average Bonchev–Trinajstić information content (AvgIpc) is 2.97. The van der Waals surface area contributed by atoms with Crippen LogP contribution in [0.15, 0.2) is 59.1 Å². The minimum atomic E-state index is 0.226. The lowest BCUT2D eigenvalue weighted by molar-refractivity contribution is 0.480. The molecule has 0 unspecified atom stereocenters. The zero-order chi connectivity index (χ0) is 14.9. The number of hydrogen-bond acceptors (Lipinski definition) is 5. The first-order chi connectivity index (χ1) is 10.8. The molecule has 1 N–H and O–H groups in total. The molecule has 5 heteroatoms. The molecule has 108 valence electrons.